The van der Waals surface area contributed by atoms with Crippen LogP contribution in [0.5, 0.6) is 0 Å². The number of anilines is 1. The molecule has 0 aliphatic carbocycles. The van der Waals surface area contributed by atoms with E-state index in [1.807, 2.05) is 5.38 Å². The number of hydrogen-bond acceptors (Lipinski definition) is 7. The van der Waals surface area contributed by atoms with E-state index in [9.17, 15) is 13.2 Å². The Morgan fingerprint density at radius 2 is 2.13 bits per heavy atom. The van der Waals surface area contributed by atoms with Gasteiger partial charge < -0.3 is 9.80 Å². The molecule has 0 unspecified atom stereocenters. The third kappa shape index (κ3) is 4.02. The van der Waals surface area contributed by atoms with Crippen molar-refractivity contribution in [2.45, 2.75) is 12.5 Å². The summed E-state index contributed by atoms with van der Waals surface area (Å²) in [6.07, 6.45) is 2.36. The maximum absolute atomic E-state index is 12.4. The van der Waals surface area contributed by atoms with Crippen LogP contribution >= 0.6 is 11.3 Å². The SMILES string of the molecule is CN(C(=O)CN1CCN(c2nccs2)CC1)[C@@H]1CCS(=O)(=O)C1. The van der Waals surface area contributed by atoms with Crippen molar-refractivity contribution in [2.24, 2.45) is 0 Å². The van der Waals surface area contributed by atoms with Crippen LogP contribution in [-0.4, -0.2) is 86.4 Å². The summed E-state index contributed by atoms with van der Waals surface area (Å²) in [6, 6.07) is -0.163. The molecule has 128 valence electrons. The molecule has 3 rings (SSSR count). The Labute approximate surface area is 140 Å². The number of nitrogens with zero attached hydrogens (tertiary/aromatic N) is 4. The average molecular weight is 358 g/mol. The zero-order valence-electron chi connectivity index (χ0n) is 13.2. The van der Waals surface area contributed by atoms with Gasteiger partial charge in [-0.15, -0.1) is 11.3 Å². The second kappa shape index (κ2) is 6.74. The van der Waals surface area contributed by atoms with Crippen molar-refractivity contribution in [3.8, 4) is 0 Å². The van der Waals surface area contributed by atoms with Gasteiger partial charge in [-0.05, 0) is 6.42 Å². The van der Waals surface area contributed by atoms with Gasteiger partial charge in [-0.2, -0.15) is 0 Å². The minimum absolute atomic E-state index is 0.00907. The van der Waals surface area contributed by atoms with Crippen molar-refractivity contribution in [1.82, 2.24) is 14.8 Å². The average Bonchev–Trinajstić information content (AvgIpc) is 3.16. The molecule has 2 saturated heterocycles. The van der Waals surface area contributed by atoms with Gasteiger partial charge in [0.05, 0.1) is 18.1 Å². The van der Waals surface area contributed by atoms with Crippen molar-refractivity contribution < 1.29 is 13.2 Å². The summed E-state index contributed by atoms with van der Waals surface area (Å²) in [7, 11) is -1.24. The molecule has 0 aromatic carbocycles. The number of sulfone groups is 1. The van der Waals surface area contributed by atoms with Crippen LogP contribution in [0.1, 0.15) is 6.42 Å². The van der Waals surface area contributed by atoms with Crippen LogP contribution in [0.25, 0.3) is 0 Å². The Hall–Kier alpha value is -1.19. The maximum Gasteiger partial charge on any atom is 0.236 e. The Bertz CT molecular complexity index is 639. The van der Waals surface area contributed by atoms with Crippen LogP contribution < -0.4 is 4.90 Å². The quantitative estimate of drug-likeness (QED) is 0.749. The molecule has 2 aliphatic heterocycles. The summed E-state index contributed by atoms with van der Waals surface area (Å²) in [5.74, 6) is 0.310. The summed E-state index contributed by atoms with van der Waals surface area (Å²) in [5.41, 5.74) is 0. The number of carbonyl (C=O) groups excluding carboxylic acids is 1. The fourth-order valence-corrected chi connectivity index (χ4v) is 5.53. The number of carbonyl (C=O) groups is 1. The molecule has 1 aromatic heterocycles. The number of likely N-dealkylation sites (N-methyl/N-ethyl adjacent to an activating group) is 1. The fraction of sp³-hybridized carbons (Fsp3) is 0.714. The number of piperazine rings is 1. The predicted octanol–water partition coefficient (Wildman–Crippen LogP) is -0.0894. The predicted molar refractivity (Wildman–Crippen MR) is 90.6 cm³/mol. The van der Waals surface area contributed by atoms with Gasteiger partial charge in [0.25, 0.3) is 0 Å². The lowest BCUT2D eigenvalue weighted by Gasteiger charge is -2.35. The summed E-state index contributed by atoms with van der Waals surface area (Å²) < 4.78 is 23.1. The topological polar surface area (TPSA) is 73.8 Å². The van der Waals surface area contributed by atoms with E-state index >= 15 is 0 Å². The van der Waals surface area contributed by atoms with Gasteiger partial charge in [-0.3, -0.25) is 9.69 Å². The third-order valence-corrected chi connectivity index (χ3v) is 7.15. The highest BCUT2D eigenvalue weighted by Gasteiger charge is 2.33. The van der Waals surface area contributed by atoms with Crippen LogP contribution in [0, 0.1) is 0 Å². The normalized spacial score (nSPS) is 24.7. The molecule has 2 aliphatic rings. The lowest BCUT2D eigenvalue weighted by atomic mass is 10.2. The highest BCUT2D eigenvalue weighted by Crippen LogP contribution is 2.19. The summed E-state index contributed by atoms with van der Waals surface area (Å²) >= 11 is 1.63. The van der Waals surface area contributed by atoms with Gasteiger partial charge >= 0.3 is 0 Å². The molecule has 2 fully saturated rings. The Morgan fingerprint density at radius 3 is 2.70 bits per heavy atom. The lowest BCUT2D eigenvalue weighted by Crippen LogP contribution is -2.51. The van der Waals surface area contributed by atoms with Crippen LogP contribution in [0.3, 0.4) is 0 Å². The monoisotopic (exact) mass is 358 g/mol. The van der Waals surface area contributed by atoms with Gasteiger partial charge in [0.2, 0.25) is 5.91 Å². The molecule has 0 bridgehead atoms. The summed E-state index contributed by atoms with van der Waals surface area (Å²) in [5, 5.41) is 3.00. The van der Waals surface area contributed by atoms with Gasteiger partial charge in [0, 0.05) is 50.8 Å². The molecule has 9 heteroatoms. The molecule has 0 spiro atoms. The number of hydrogen-bond donors (Lipinski definition) is 0. The molecule has 3 heterocycles. The molecule has 1 aromatic rings. The third-order valence-electron chi connectivity index (χ3n) is 4.57. The molecule has 0 N–H and O–H groups in total. The Balaban J connectivity index is 1.47. The zero-order chi connectivity index (χ0) is 16.4. The first-order chi connectivity index (χ1) is 10.9. The van der Waals surface area contributed by atoms with Gasteiger partial charge in [-0.1, -0.05) is 0 Å². The van der Waals surface area contributed by atoms with Crippen molar-refractivity contribution in [3.63, 3.8) is 0 Å². The molecule has 0 radical (unpaired) electrons. The minimum Gasteiger partial charge on any atom is -0.346 e. The summed E-state index contributed by atoms with van der Waals surface area (Å²) in [6.45, 7) is 3.73. The zero-order valence-corrected chi connectivity index (χ0v) is 14.9. The first-order valence-electron chi connectivity index (χ1n) is 7.77. The molecule has 0 saturated carbocycles. The fourth-order valence-electron chi connectivity index (χ4n) is 3.06. The smallest absolute Gasteiger partial charge is 0.236 e. The van der Waals surface area contributed by atoms with Crippen LogP contribution in [0.2, 0.25) is 0 Å². The minimum atomic E-state index is -2.96. The molecule has 23 heavy (non-hydrogen) atoms. The standard InChI is InChI=1S/C14H22N4O3S2/c1-16(12-2-9-23(20,21)11-12)13(19)10-17-4-6-18(7-5-17)14-15-3-8-22-14/h3,8,12H,2,4-7,9-11H2,1H3/t12-/m1/s1. The van der Waals surface area contributed by atoms with E-state index in [1.54, 1.807) is 29.5 Å². The van der Waals surface area contributed by atoms with E-state index in [2.05, 4.69) is 14.8 Å². The number of thiazole rings is 1. The highest BCUT2D eigenvalue weighted by molar-refractivity contribution is 7.91. The van der Waals surface area contributed by atoms with E-state index in [4.69, 9.17) is 0 Å². The van der Waals surface area contributed by atoms with Crippen LogP contribution in [0.4, 0.5) is 5.13 Å². The van der Waals surface area contributed by atoms with E-state index < -0.39 is 9.84 Å². The second-order valence-corrected chi connectivity index (χ2v) is 9.24. The molecule has 1 atom stereocenters. The van der Waals surface area contributed by atoms with Crippen LogP contribution in [-0.2, 0) is 14.6 Å². The van der Waals surface area contributed by atoms with E-state index in [0.717, 1.165) is 31.3 Å². The highest BCUT2D eigenvalue weighted by atomic mass is 32.2. The van der Waals surface area contributed by atoms with Gasteiger partial charge in [0.15, 0.2) is 15.0 Å². The van der Waals surface area contributed by atoms with Crippen molar-refractivity contribution in [2.75, 3.05) is 56.2 Å². The lowest BCUT2D eigenvalue weighted by molar-refractivity contribution is -0.132. The van der Waals surface area contributed by atoms with E-state index in [-0.39, 0.29) is 23.5 Å². The van der Waals surface area contributed by atoms with Crippen molar-refractivity contribution >= 4 is 32.2 Å². The number of rotatable bonds is 4. The first-order valence-corrected chi connectivity index (χ1v) is 10.5. The molecular weight excluding hydrogens is 336 g/mol. The largest absolute Gasteiger partial charge is 0.346 e. The Kier molecular flexibility index (Phi) is 4.88. The molecular formula is C14H22N4O3S2. The second-order valence-electron chi connectivity index (χ2n) is 6.14. The number of amides is 1. The van der Waals surface area contributed by atoms with Crippen molar-refractivity contribution in [3.05, 3.63) is 11.6 Å². The van der Waals surface area contributed by atoms with E-state index in [0.29, 0.717) is 13.0 Å². The van der Waals surface area contributed by atoms with Crippen LogP contribution in [0.15, 0.2) is 11.6 Å². The maximum atomic E-state index is 12.4. The molecule has 1 amide bonds. The van der Waals surface area contributed by atoms with E-state index in [1.165, 1.54) is 0 Å². The van der Waals surface area contributed by atoms with Gasteiger partial charge in [0.1, 0.15) is 0 Å². The van der Waals surface area contributed by atoms with Crippen molar-refractivity contribution in [1.29, 1.82) is 0 Å². The number of aromatic nitrogens is 1. The summed E-state index contributed by atoms with van der Waals surface area (Å²) in [4.78, 5) is 22.7. The Morgan fingerprint density at radius 1 is 1.39 bits per heavy atom. The van der Waals surface area contributed by atoms with Gasteiger partial charge in [-0.25, -0.2) is 13.4 Å². The molecule has 7 nitrogen and oxygen atoms in total. The first kappa shape index (κ1) is 16.7.